The molecule has 1 aromatic carbocycles. The molecular formula is C18H27N3O5S. The van der Waals surface area contributed by atoms with E-state index in [9.17, 15) is 13.2 Å². The minimum Gasteiger partial charge on any atom is -0.444 e. The molecule has 2 aliphatic heterocycles. The van der Waals surface area contributed by atoms with Crippen molar-refractivity contribution in [3.8, 4) is 0 Å². The highest BCUT2D eigenvalue weighted by atomic mass is 32.2. The van der Waals surface area contributed by atoms with Gasteiger partial charge in [0.2, 0.25) is 0 Å². The normalized spacial score (nSPS) is 20.3. The van der Waals surface area contributed by atoms with Crippen LogP contribution in [0, 0.1) is 0 Å². The van der Waals surface area contributed by atoms with Crippen LogP contribution in [0.1, 0.15) is 31.2 Å². The molecular weight excluding hydrogens is 370 g/mol. The summed E-state index contributed by atoms with van der Waals surface area (Å²) in [6, 6.07) is 9.10. The summed E-state index contributed by atoms with van der Waals surface area (Å²) >= 11 is 0. The molecule has 3 rings (SSSR count). The molecule has 2 aliphatic rings. The summed E-state index contributed by atoms with van der Waals surface area (Å²) in [6.45, 7) is 2.61. The van der Waals surface area contributed by atoms with E-state index in [4.69, 9.17) is 9.47 Å². The molecule has 2 N–H and O–H groups in total. The summed E-state index contributed by atoms with van der Waals surface area (Å²) < 4.78 is 39.1. The molecule has 2 fully saturated rings. The van der Waals surface area contributed by atoms with Crippen LogP contribution in [0.25, 0.3) is 0 Å². The Morgan fingerprint density at radius 2 is 1.70 bits per heavy atom. The van der Waals surface area contributed by atoms with Crippen molar-refractivity contribution in [3.63, 3.8) is 0 Å². The zero-order valence-corrected chi connectivity index (χ0v) is 16.1. The van der Waals surface area contributed by atoms with Crippen LogP contribution in [-0.4, -0.2) is 57.2 Å². The number of carbonyl (C=O) groups is 1. The van der Waals surface area contributed by atoms with Crippen molar-refractivity contribution in [2.45, 2.75) is 44.5 Å². The number of rotatable bonds is 6. The second-order valence-electron chi connectivity index (χ2n) is 6.85. The van der Waals surface area contributed by atoms with Gasteiger partial charge >= 0.3 is 16.3 Å². The maximum absolute atomic E-state index is 12.4. The van der Waals surface area contributed by atoms with Crippen LogP contribution in [0.2, 0.25) is 0 Å². The molecule has 0 bridgehead atoms. The van der Waals surface area contributed by atoms with E-state index in [1.54, 1.807) is 12.1 Å². The third kappa shape index (κ3) is 6.17. The fourth-order valence-electron chi connectivity index (χ4n) is 3.33. The van der Waals surface area contributed by atoms with Gasteiger partial charge in [0.1, 0.15) is 6.61 Å². The van der Waals surface area contributed by atoms with Crippen molar-refractivity contribution < 1.29 is 22.7 Å². The molecule has 27 heavy (non-hydrogen) atoms. The maximum Gasteiger partial charge on any atom is 0.422 e. The van der Waals surface area contributed by atoms with Crippen LogP contribution in [0.15, 0.2) is 30.3 Å². The topological polar surface area (TPSA) is 97.0 Å². The van der Waals surface area contributed by atoms with Gasteiger partial charge in [-0.1, -0.05) is 30.3 Å². The summed E-state index contributed by atoms with van der Waals surface area (Å²) in [5.74, 6) is 0. The van der Waals surface area contributed by atoms with Gasteiger partial charge in [-0.25, -0.2) is 9.52 Å². The van der Waals surface area contributed by atoms with Crippen LogP contribution >= 0.6 is 0 Å². The Morgan fingerprint density at radius 1 is 1.07 bits per heavy atom. The largest absolute Gasteiger partial charge is 0.444 e. The first-order chi connectivity index (χ1) is 13.0. The smallest absolute Gasteiger partial charge is 0.422 e. The number of hydrogen-bond donors (Lipinski definition) is 2. The quantitative estimate of drug-likeness (QED) is 0.753. The number of amides is 1. The predicted octanol–water partition coefficient (Wildman–Crippen LogP) is 1.39. The highest BCUT2D eigenvalue weighted by molar-refractivity contribution is 7.87. The van der Waals surface area contributed by atoms with Gasteiger partial charge in [-0.15, -0.1) is 0 Å². The molecule has 0 atom stereocenters. The van der Waals surface area contributed by atoms with Crippen LogP contribution < -0.4 is 10.0 Å². The van der Waals surface area contributed by atoms with Gasteiger partial charge in [-0.05, 0) is 44.3 Å². The summed E-state index contributed by atoms with van der Waals surface area (Å²) in [4.78, 5) is 11.8. The van der Waals surface area contributed by atoms with Crippen LogP contribution in [0.4, 0.5) is 4.79 Å². The third-order valence-corrected chi connectivity index (χ3v) is 6.31. The zero-order valence-electron chi connectivity index (χ0n) is 15.3. The molecule has 2 heterocycles. The van der Waals surface area contributed by atoms with Crippen molar-refractivity contribution in [2.24, 2.45) is 0 Å². The lowest BCUT2D eigenvalue weighted by Gasteiger charge is -2.34. The molecule has 1 aromatic rings. The minimum absolute atomic E-state index is 0.0222. The SMILES string of the molecule is O=C(NS(=O)(=O)N1CCC(OC2CCNCC2)CC1)OCc1ccccc1. The number of benzene rings is 1. The van der Waals surface area contributed by atoms with E-state index in [-0.39, 0.29) is 18.8 Å². The molecule has 0 radical (unpaired) electrons. The molecule has 0 aromatic heterocycles. The van der Waals surface area contributed by atoms with E-state index in [1.165, 1.54) is 4.31 Å². The Kier molecular flexibility index (Phi) is 7.06. The molecule has 150 valence electrons. The van der Waals surface area contributed by atoms with Gasteiger partial charge in [0.25, 0.3) is 0 Å². The lowest BCUT2D eigenvalue weighted by atomic mass is 10.1. The first-order valence-electron chi connectivity index (χ1n) is 9.38. The van der Waals surface area contributed by atoms with Gasteiger partial charge in [-0.3, -0.25) is 0 Å². The predicted molar refractivity (Wildman–Crippen MR) is 100 cm³/mol. The van der Waals surface area contributed by atoms with E-state index < -0.39 is 16.3 Å². The second kappa shape index (κ2) is 9.50. The van der Waals surface area contributed by atoms with Crippen LogP contribution in [-0.2, 0) is 26.3 Å². The van der Waals surface area contributed by atoms with Crippen molar-refractivity contribution >= 4 is 16.3 Å². The summed E-state index contributed by atoms with van der Waals surface area (Å²) in [5.41, 5.74) is 0.793. The molecule has 8 nitrogen and oxygen atoms in total. The van der Waals surface area contributed by atoms with Gasteiger partial charge in [-0.2, -0.15) is 12.7 Å². The Balaban J connectivity index is 1.41. The fraction of sp³-hybridized carbons (Fsp3) is 0.611. The lowest BCUT2D eigenvalue weighted by molar-refractivity contribution is -0.0457. The molecule has 2 saturated heterocycles. The monoisotopic (exact) mass is 397 g/mol. The molecule has 0 unspecified atom stereocenters. The first-order valence-corrected chi connectivity index (χ1v) is 10.8. The molecule has 1 amide bonds. The Morgan fingerprint density at radius 3 is 2.37 bits per heavy atom. The van der Waals surface area contributed by atoms with Crippen molar-refractivity contribution in [3.05, 3.63) is 35.9 Å². The average molecular weight is 397 g/mol. The molecule has 0 saturated carbocycles. The van der Waals surface area contributed by atoms with Crippen molar-refractivity contribution in [1.82, 2.24) is 14.3 Å². The molecule has 0 spiro atoms. The summed E-state index contributed by atoms with van der Waals surface area (Å²) in [6.07, 6.45) is 2.61. The van der Waals surface area contributed by atoms with E-state index >= 15 is 0 Å². The third-order valence-electron chi connectivity index (χ3n) is 4.84. The first kappa shape index (κ1) is 20.1. The highest BCUT2D eigenvalue weighted by Crippen LogP contribution is 2.20. The van der Waals surface area contributed by atoms with Crippen molar-refractivity contribution in [2.75, 3.05) is 26.2 Å². The van der Waals surface area contributed by atoms with Gasteiger partial charge in [0.15, 0.2) is 0 Å². The Labute approximate surface area is 160 Å². The van der Waals surface area contributed by atoms with Crippen LogP contribution in [0.5, 0.6) is 0 Å². The van der Waals surface area contributed by atoms with Crippen LogP contribution in [0.3, 0.4) is 0 Å². The maximum atomic E-state index is 12.4. The number of piperidine rings is 2. The zero-order chi connectivity index (χ0) is 19.1. The Hall–Kier alpha value is -1.68. The number of hydrogen-bond acceptors (Lipinski definition) is 6. The number of nitrogens with zero attached hydrogens (tertiary/aromatic N) is 1. The van der Waals surface area contributed by atoms with Gasteiger partial charge in [0, 0.05) is 13.1 Å². The number of ether oxygens (including phenoxy) is 2. The molecule has 9 heteroatoms. The number of carbonyl (C=O) groups excluding carboxylic acids is 1. The standard InChI is InChI=1S/C18H27N3O5S/c22-18(25-14-15-4-2-1-3-5-15)20-27(23,24)21-12-8-17(9-13-21)26-16-6-10-19-11-7-16/h1-5,16-17,19H,6-14H2,(H,20,22). The van der Waals surface area contributed by atoms with Gasteiger partial charge < -0.3 is 14.8 Å². The summed E-state index contributed by atoms with van der Waals surface area (Å²) in [5, 5.41) is 3.30. The number of nitrogens with one attached hydrogen (secondary N) is 2. The fourth-order valence-corrected chi connectivity index (χ4v) is 4.42. The van der Waals surface area contributed by atoms with E-state index in [2.05, 4.69) is 5.32 Å². The van der Waals surface area contributed by atoms with E-state index in [0.717, 1.165) is 31.5 Å². The molecule has 0 aliphatic carbocycles. The van der Waals surface area contributed by atoms with Crippen molar-refractivity contribution in [1.29, 1.82) is 0 Å². The van der Waals surface area contributed by atoms with Gasteiger partial charge in [0.05, 0.1) is 12.2 Å². The minimum atomic E-state index is -3.90. The average Bonchev–Trinajstić information content (AvgIpc) is 2.68. The summed E-state index contributed by atoms with van der Waals surface area (Å²) in [7, 11) is -3.90. The lowest BCUT2D eigenvalue weighted by Crippen LogP contribution is -2.48. The Bertz CT molecular complexity index is 699. The van der Waals surface area contributed by atoms with E-state index in [1.807, 2.05) is 22.9 Å². The second-order valence-corrected chi connectivity index (χ2v) is 8.52. The van der Waals surface area contributed by atoms with E-state index in [0.29, 0.717) is 25.9 Å². The highest BCUT2D eigenvalue weighted by Gasteiger charge is 2.31.